The van der Waals surface area contributed by atoms with Gasteiger partial charge in [0.1, 0.15) is 5.82 Å². The van der Waals surface area contributed by atoms with E-state index in [1.165, 1.54) is 11.0 Å². The Kier molecular flexibility index (Phi) is 4.99. The first-order chi connectivity index (χ1) is 13.9. The molecule has 3 aromatic rings. The molecule has 0 saturated heterocycles. The van der Waals surface area contributed by atoms with Crippen molar-refractivity contribution in [3.63, 3.8) is 0 Å². The van der Waals surface area contributed by atoms with E-state index in [4.69, 9.17) is 0 Å². The maximum Gasteiger partial charge on any atom is 0.134 e. The number of fused-ring (bicyclic) bond motifs is 2. The normalized spacial score (nSPS) is 15.6. The lowest BCUT2D eigenvalue weighted by atomic mass is 9.87. The highest BCUT2D eigenvalue weighted by Gasteiger charge is 2.31. The predicted molar refractivity (Wildman–Crippen MR) is 123 cm³/mol. The Morgan fingerprint density at radius 3 is 2.55 bits per heavy atom. The highest BCUT2D eigenvalue weighted by Crippen LogP contribution is 2.40. The Balaban J connectivity index is 1.72. The minimum atomic E-state index is -0.236. The van der Waals surface area contributed by atoms with Gasteiger partial charge in [0.25, 0.3) is 0 Å². The van der Waals surface area contributed by atoms with Crippen LogP contribution < -0.4 is 4.90 Å². The topological polar surface area (TPSA) is 15.6 Å². The summed E-state index contributed by atoms with van der Waals surface area (Å²) in [6.45, 7) is 9.52. The van der Waals surface area contributed by atoms with Crippen molar-refractivity contribution < 1.29 is 4.39 Å². The van der Waals surface area contributed by atoms with Gasteiger partial charge >= 0.3 is 0 Å². The predicted octanol–water partition coefficient (Wildman–Crippen LogP) is 7.14. The zero-order chi connectivity index (χ0) is 20.6. The van der Waals surface area contributed by atoms with Crippen molar-refractivity contribution in [1.82, 2.24) is 0 Å². The van der Waals surface area contributed by atoms with Crippen LogP contribution in [0.5, 0.6) is 0 Å². The average Bonchev–Trinajstić information content (AvgIpc) is 2.69. The summed E-state index contributed by atoms with van der Waals surface area (Å²) < 4.78 is 15.0. The fourth-order valence-corrected chi connectivity index (χ4v) is 4.25. The molecule has 0 aromatic heterocycles. The number of rotatable bonds is 4. The number of aliphatic imine (C=N–C) groups is 1. The number of hydrogen-bond donors (Lipinski definition) is 0. The highest BCUT2D eigenvalue weighted by atomic mass is 19.1. The van der Waals surface area contributed by atoms with Crippen molar-refractivity contribution in [3.8, 4) is 0 Å². The largest absolute Gasteiger partial charge is 0.362 e. The first-order valence-electron chi connectivity index (χ1n) is 10.2. The third-order valence-electron chi connectivity index (χ3n) is 5.63. The van der Waals surface area contributed by atoms with Crippen molar-refractivity contribution >= 4 is 33.9 Å². The van der Waals surface area contributed by atoms with Gasteiger partial charge in [-0.15, -0.1) is 0 Å². The Morgan fingerprint density at radius 1 is 1.03 bits per heavy atom. The lowest BCUT2D eigenvalue weighted by Gasteiger charge is -2.43. The van der Waals surface area contributed by atoms with E-state index in [1.807, 2.05) is 36.4 Å². The van der Waals surface area contributed by atoms with Crippen molar-refractivity contribution in [2.24, 2.45) is 4.99 Å². The van der Waals surface area contributed by atoms with Gasteiger partial charge in [0.05, 0.1) is 11.2 Å². The van der Waals surface area contributed by atoms with Crippen LogP contribution in [-0.4, -0.2) is 18.3 Å². The van der Waals surface area contributed by atoms with Crippen LogP contribution >= 0.6 is 0 Å². The molecule has 3 heteroatoms. The number of halogens is 1. The molecular formula is C26H27FN2. The molecular weight excluding hydrogens is 359 g/mol. The molecule has 4 rings (SSSR count). The first kappa shape index (κ1) is 19.4. The summed E-state index contributed by atoms with van der Waals surface area (Å²) >= 11 is 0. The third kappa shape index (κ3) is 3.69. The summed E-state index contributed by atoms with van der Waals surface area (Å²) in [4.78, 5) is 6.84. The van der Waals surface area contributed by atoms with E-state index < -0.39 is 0 Å². The van der Waals surface area contributed by atoms with Crippen molar-refractivity contribution in [3.05, 3.63) is 77.6 Å². The fraction of sp³-hybridized carbons (Fsp3) is 0.269. The summed E-state index contributed by atoms with van der Waals surface area (Å²) in [5, 5.41) is 2.30. The number of benzene rings is 3. The lowest BCUT2D eigenvalue weighted by Crippen LogP contribution is -2.45. The second kappa shape index (κ2) is 7.47. The summed E-state index contributed by atoms with van der Waals surface area (Å²) in [5.41, 5.74) is 4.44. The lowest BCUT2D eigenvalue weighted by molar-refractivity contribution is 0.546. The Hall–Kier alpha value is -2.94. The summed E-state index contributed by atoms with van der Waals surface area (Å²) in [7, 11) is 0. The molecule has 0 saturated carbocycles. The van der Waals surface area contributed by atoms with Crippen LogP contribution in [0.1, 0.15) is 45.2 Å². The molecule has 0 spiro atoms. The van der Waals surface area contributed by atoms with Crippen molar-refractivity contribution in [1.29, 1.82) is 0 Å². The van der Waals surface area contributed by atoms with E-state index in [0.29, 0.717) is 5.56 Å². The molecule has 0 N–H and O–H groups in total. The standard InChI is InChI=1S/C26H27FN2/c1-5-12-29-25-15-24(27)21(14-23(25)18(2)16-26(29,3)4)17-28-22-11-10-19-8-6-7-9-20(19)13-22/h6-11,13-17H,5,12H2,1-4H3. The van der Waals surface area contributed by atoms with E-state index >= 15 is 0 Å². The molecule has 0 bridgehead atoms. The van der Waals surface area contributed by atoms with Gasteiger partial charge in [0, 0.05) is 29.6 Å². The number of hydrogen-bond acceptors (Lipinski definition) is 2. The maximum atomic E-state index is 15.0. The van der Waals surface area contributed by atoms with Crippen LogP contribution in [0.2, 0.25) is 0 Å². The van der Waals surface area contributed by atoms with Gasteiger partial charge in [0.2, 0.25) is 0 Å². The second-order valence-corrected chi connectivity index (χ2v) is 8.31. The summed E-state index contributed by atoms with van der Waals surface area (Å²) in [5.74, 6) is -0.236. The van der Waals surface area contributed by atoms with E-state index in [9.17, 15) is 4.39 Å². The Labute approximate surface area is 172 Å². The van der Waals surface area contributed by atoms with Crippen LogP contribution in [0, 0.1) is 5.82 Å². The van der Waals surface area contributed by atoms with Gasteiger partial charge in [-0.2, -0.15) is 0 Å². The van der Waals surface area contributed by atoms with Crippen molar-refractivity contribution in [2.75, 3.05) is 11.4 Å². The van der Waals surface area contributed by atoms with E-state index in [1.54, 1.807) is 12.3 Å². The average molecular weight is 387 g/mol. The molecule has 1 heterocycles. The number of allylic oxidation sites excluding steroid dienone is 1. The van der Waals surface area contributed by atoms with Crippen LogP contribution in [0.4, 0.5) is 15.8 Å². The molecule has 0 unspecified atom stereocenters. The van der Waals surface area contributed by atoms with Gasteiger partial charge in [0.15, 0.2) is 0 Å². The quantitative estimate of drug-likeness (QED) is 0.435. The summed E-state index contributed by atoms with van der Waals surface area (Å²) in [6.07, 6.45) is 4.92. The first-order valence-corrected chi connectivity index (χ1v) is 10.2. The van der Waals surface area contributed by atoms with Crippen LogP contribution in [-0.2, 0) is 0 Å². The Morgan fingerprint density at radius 2 is 1.79 bits per heavy atom. The second-order valence-electron chi connectivity index (χ2n) is 8.31. The Bertz CT molecular complexity index is 1120. The molecule has 0 aliphatic carbocycles. The van der Waals surface area contributed by atoms with E-state index in [-0.39, 0.29) is 11.4 Å². The van der Waals surface area contributed by atoms with E-state index in [2.05, 4.69) is 55.8 Å². The molecule has 2 nitrogen and oxygen atoms in total. The molecule has 0 amide bonds. The molecule has 1 aliphatic heterocycles. The van der Waals surface area contributed by atoms with E-state index in [0.717, 1.165) is 35.3 Å². The van der Waals surface area contributed by atoms with Gasteiger partial charge in [-0.1, -0.05) is 43.3 Å². The molecule has 3 aromatic carbocycles. The minimum Gasteiger partial charge on any atom is -0.362 e. The van der Waals surface area contributed by atoms with Crippen LogP contribution in [0.25, 0.3) is 16.3 Å². The molecule has 1 aliphatic rings. The third-order valence-corrected chi connectivity index (χ3v) is 5.63. The molecule has 0 radical (unpaired) electrons. The smallest absolute Gasteiger partial charge is 0.134 e. The maximum absolute atomic E-state index is 15.0. The van der Waals surface area contributed by atoms with Crippen molar-refractivity contribution in [2.45, 2.75) is 39.7 Å². The molecule has 0 atom stereocenters. The monoisotopic (exact) mass is 386 g/mol. The highest BCUT2D eigenvalue weighted by molar-refractivity contribution is 5.90. The SMILES string of the molecule is CCCN1c2cc(F)c(C=Nc3ccc4ccccc4c3)cc2C(C)=CC1(C)C. The molecule has 29 heavy (non-hydrogen) atoms. The fourth-order valence-electron chi connectivity index (χ4n) is 4.25. The molecule has 0 fully saturated rings. The number of nitrogens with zero attached hydrogens (tertiary/aromatic N) is 2. The zero-order valence-corrected chi connectivity index (χ0v) is 17.5. The number of anilines is 1. The van der Waals surface area contributed by atoms with Gasteiger partial charge in [-0.3, -0.25) is 4.99 Å². The van der Waals surface area contributed by atoms with Gasteiger partial charge in [-0.25, -0.2) is 4.39 Å². The van der Waals surface area contributed by atoms with Gasteiger partial charge < -0.3 is 4.90 Å². The van der Waals surface area contributed by atoms with Gasteiger partial charge in [-0.05, 0) is 67.8 Å². The molecule has 148 valence electrons. The zero-order valence-electron chi connectivity index (χ0n) is 17.5. The summed E-state index contributed by atoms with van der Waals surface area (Å²) in [6, 6.07) is 17.8. The van der Waals surface area contributed by atoms with Crippen LogP contribution in [0.3, 0.4) is 0 Å². The van der Waals surface area contributed by atoms with Crippen LogP contribution in [0.15, 0.2) is 65.7 Å². The minimum absolute atomic E-state index is 0.125.